The Morgan fingerprint density at radius 2 is 2.27 bits per heavy atom. The van der Waals surface area contributed by atoms with Crippen molar-refractivity contribution < 1.29 is 9.18 Å². The number of amides is 1. The van der Waals surface area contributed by atoms with E-state index in [1.165, 1.54) is 18.3 Å². The third kappa shape index (κ3) is 2.68. The van der Waals surface area contributed by atoms with E-state index >= 15 is 0 Å². The molecule has 3 aromatic rings. The molecule has 0 fully saturated rings. The summed E-state index contributed by atoms with van der Waals surface area (Å²) in [5, 5.41) is 22.7. The van der Waals surface area contributed by atoms with Gasteiger partial charge in [0.05, 0.1) is 23.5 Å². The smallest absolute Gasteiger partial charge is 0.255 e. The second kappa shape index (κ2) is 5.72. The Bertz CT molecular complexity index is 783. The van der Waals surface area contributed by atoms with Crippen LogP contribution in [0.25, 0.3) is 11.3 Å². The molecule has 2 aromatic heterocycles. The number of carbonyl (C=O) groups is 1. The Morgan fingerprint density at radius 3 is 3.00 bits per heavy atom. The van der Waals surface area contributed by atoms with Gasteiger partial charge in [0.2, 0.25) is 0 Å². The summed E-state index contributed by atoms with van der Waals surface area (Å²) < 4.78 is 13.3. The van der Waals surface area contributed by atoms with Crippen LogP contribution in [0.1, 0.15) is 29.1 Å². The second-order valence-electron chi connectivity index (χ2n) is 4.63. The van der Waals surface area contributed by atoms with Crippen molar-refractivity contribution in [2.45, 2.75) is 13.0 Å². The number of tetrazole rings is 1. The molecule has 0 saturated carbocycles. The van der Waals surface area contributed by atoms with E-state index in [-0.39, 0.29) is 5.91 Å². The van der Waals surface area contributed by atoms with Gasteiger partial charge in [-0.15, -0.1) is 10.2 Å². The molecule has 9 heteroatoms. The van der Waals surface area contributed by atoms with Crippen molar-refractivity contribution >= 4 is 5.91 Å². The van der Waals surface area contributed by atoms with Crippen LogP contribution in [0, 0.1) is 5.82 Å². The van der Waals surface area contributed by atoms with E-state index in [9.17, 15) is 9.18 Å². The zero-order chi connectivity index (χ0) is 15.5. The normalized spacial score (nSPS) is 12.1. The summed E-state index contributed by atoms with van der Waals surface area (Å²) in [6.45, 7) is 1.73. The maximum absolute atomic E-state index is 13.3. The van der Waals surface area contributed by atoms with Crippen molar-refractivity contribution in [3.63, 3.8) is 0 Å². The minimum atomic E-state index is -0.429. The molecule has 22 heavy (non-hydrogen) atoms. The molecule has 3 rings (SSSR count). The average molecular weight is 301 g/mol. The van der Waals surface area contributed by atoms with E-state index in [4.69, 9.17) is 0 Å². The van der Waals surface area contributed by atoms with E-state index in [0.29, 0.717) is 22.6 Å². The first-order valence-electron chi connectivity index (χ1n) is 6.48. The van der Waals surface area contributed by atoms with Gasteiger partial charge in [0.25, 0.3) is 5.91 Å². The maximum Gasteiger partial charge on any atom is 0.255 e. The van der Waals surface area contributed by atoms with Gasteiger partial charge in [-0.25, -0.2) is 4.39 Å². The third-order valence-electron chi connectivity index (χ3n) is 3.09. The number of carbonyl (C=O) groups excluding carboxylic acids is 1. The number of aromatic amines is 2. The molecule has 0 spiro atoms. The number of nitrogens with zero attached hydrogens (tertiary/aromatic N) is 4. The van der Waals surface area contributed by atoms with Gasteiger partial charge in [0.1, 0.15) is 5.82 Å². The highest BCUT2D eigenvalue weighted by atomic mass is 19.1. The highest BCUT2D eigenvalue weighted by Crippen LogP contribution is 2.22. The quantitative estimate of drug-likeness (QED) is 0.670. The van der Waals surface area contributed by atoms with Crippen molar-refractivity contribution in [3.05, 3.63) is 47.7 Å². The molecule has 0 bridgehead atoms. The van der Waals surface area contributed by atoms with Crippen LogP contribution in [0.15, 0.2) is 30.5 Å². The number of hydrogen-bond donors (Lipinski definition) is 3. The Balaban J connectivity index is 1.84. The van der Waals surface area contributed by atoms with E-state index < -0.39 is 11.9 Å². The lowest BCUT2D eigenvalue weighted by Crippen LogP contribution is -2.27. The van der Waals surface area contributed by atoms with E-state index in [2.05, 4.69) is 36.1 Å². The number of nitrogens with one attached hydrogen (secondary N) is 3. The molecule has 1 atom stereocenters. The van der Waals surface area contributed by atoms with Gasteiger partial charge in [-0.05, 0) is 19.1 Å². The summed E-state index contributed by atoms with van der Waals surface area (Å²) in [4.78, 5) is 12.3. The topological polar surface area (TPSA) is 112 Å². The molecule has 0 aliphatic heterocycles. The fraction of sp³-hybridized carbons (Fsp3) is 0.154. The third-order valence-corrected chi connectivity index (χ3v) is 3.09. The first kappa shape index (κ1) is 13.9. The second-order valence-corrected chi connectivity index (χ2v) is 4.63. The van der Waals surface area contributed by atoms with Crippen LogP contribution in [0.2, 0.25) is 0 Å². The van der Waals surface area contributed by atoms with Crippen molar-refractivity contribution in [1.82, 2.24) is 36.1 Å². The van der Waals surface area contributed by atoms with E-state index in [1.54, 1.807) is 19.1 Å². The minimum Gasteiger partial charge on any atom is -0.342 e. The van der Waals surface area contributed by atoms with Crippen molar-refractivity contribution in [1.29, 1.82) is 0 Å². The molecule has 1 unspecified atom stereocenters. The van der Waals surface area contributed by atoms with E-state index in [1.807, 2.05) is 0 Å². The molecular formula is C13H12FN7O. The molecule has 0 saturated heterocycles. The maximum atomic E-state index is 13.3. The number of benzene rings is 1. The van der Waals surface area contributed by atoms with Crippen molar-refractivity contribution in [2.24, 2.45) is 0 Å². The van der Waals surface area contributed by atoms with Gasteiger partial charge in [0, 0.05) is 5.56 Å². The molecule has 112 valence electrons. The highest BCUT2D eigenvalue weighted by molar-refractivity contribution is 5.99. The van der Waals surface area contributed by atoms with Gasteiger partial charge >= 0.3 is 0 Å². The summed E-state index contributed by atoms with van der Waals surface area (Å²) >= 11 is 0. The minimum absolute atomic E-state index is 0.306. The van der Waals surface area contributed by atoms with Gasteiger partial charge in [0.15, 0.2) is 5.82 Å². The molecule has 0 radical (unpaired) electrons. The first-order valence-corrected chi connectivity index (χ1v) is 6.48. The number of H-pyrrole nitrogens is 2. The fourth-order valence-corrected chi connectivity index (χ4v) is 2.01. The Kier molecular flexibility index (Phi) is 3.60. The largest absolute Gasteiger partial charge is 0.342 e. The summed E-state index contributed by atoms with van der Waals surface area (Å²) in [6.07, 6.45) is 1.39. The average Bonchev–Trinajstić information content (AvgIpc) is 3.18. The Morgan fingerprint density at radius 1 is 1.41 bits per heavy atom. The number of aromatic nitrogens is 6. The summed E-state index contributed by atoms with van der Waals surface area (Å²) in [5.74, 6) is -0.395. The lowest BCUT2D eigenvalue weighted by molar-refractivity contribution is 0.0939. The molecule has 8 nitrogen and oxygen atoms in total. The number of halogens is 1. The van der Waals surface area contributed by atoms with Gasteiger partial charge < -0.3 is 5.32 Å². The zero-order valence-corrected chi connectivity index (χ0v) is 11.5. The van der Waals surface area contributed by atoms with Gasteiger partial charge in [-0.2, -0.15) is 10.3 Å². The summed E-state index contributed by atoms with van der Waals surface area (Å²) in [7, 11) is 0. The Hall–Kier alpha value is -3.10. The number of hydrogen-bond acceptors (Lipinski definition) is 5. The SMILES string of the molecule is CC(NC(=O)c1cn[nH]c1-c1cccc(F)c1)c1nn[nH]n1. The van der Waals surface area contributed by atoms with Crippen LogP contribution in [-0.4, -0.2) is 36.7 Å². The van der Waals surface area contributed by atoms with Crippen molar-refractivity contribution in [2.75, 3.05) is 0 Å². The molecule has 0 aliphatic carbocycles. The molecule has 0 aliphatic rings. The zero-order valence-electron chi connectivity index (χ0n) is 11.5. The predicted molar refractivity (Wildman–Crippen MR) is 74.0 cm³/mol. The molecule has 3 N–H and O–H groups in total. The first-order chi connectivity index (χ1) is 10.6. The van der Waals surface area contributed by atoms with E-state index in [0.717, 1.165) is 0 Å². The lowest BCUT2D eigenvalue weighted by Gasteiger charge is -2.10. The Labute approximate surface area is 124 Å². The van der Waals surface area contributed by atoms with Crippen LogP contribution in [0.4, 0.5) is 4.39 Å². The molecule has 1 aromatic carbocycles. The fourth-order valence-electron chi connectivity index (χ4n) is 2.01. The van der Waals surface area contributed by atoms with Gasteiger partial charge in [-0.1, -0.05) is 17.3 Å². The van der Waals surface area contributed by atoms with Gasteiger partial charge in [-0.3, -0.25) is 9.89 Å². The van der Waals surface area contributed by atoms with Crippen LogP contribution in [-0.2, 0) is 0 Å². The molecule has 1 amide bonds. The van der Waals surface area contributed by atoms with Crippen LogP contribution in [0.5, 0.6) is 0 Å². The summed E-state index contributed by atoms with van der Waals surface area (Å²) in [6, 6.07) is 5.48. The molecule has 2 heterocycles. The van der Waals surface area contributed by atoms with Crippen molar-refractivity contribution in [3.8, 4) is 11.3 Å². The standard InChI is InChI=1S/C13H12FN7O/c1-7(12-18-20-21-19-12)16-13(22)10-6-15-17-11(10)8-3-2-4-9(14)5-8/h2-7H,1H3,(H,15,17)(H,16,22)(H,18,19,20,21). The predicted octanol–water partition coefficient (Wildman–Crippen LogP) is 1.22. The summed E-state index contributed by atoms with van der Waals surface area (Å²) in [5.41, 5.74) is 1.29. The number of rotatable bonds is 4. The lowest BCUT2D eigenvalue weighted by atomic mass is 10.1. The van der Waals surface area contributed by atoms with Crippen LogP contribution in [0.3, 0.4) is 0 Å². The van der Waals surface area contributed by atoms with Crippen LogP contribution < -0.4 is 5.32 Å². The monoisotopic (exact) mass is 301 g/mol. The highest BCUT2D eigenvalue weighted by Gasteiger charge is 2.19. The van der Waals surface area contributed by atoms with Crippen LogP contribution >= 0.6 is 0 Å². The molecular weight excluding hydrogens is 289 g/mol.